The Labute approximate surface area is 175 Å². The quantitative estimate of drug-likeness (QED) is 0.189. The predicted octanol–water partition coefficient (Wildman–Crippen LogP) is 4.73. The van der Waals surface area contributed by atoms with Crippen molar-refractivity contribution in [2.75, 3.05) is 26.7 Å². The molecular weight excluding hydrogens is 395 g/mol. The van der Waals surface area contributed by atoms with Gasteiger partial charge in [0.2, 0.25) is 0 Å². The molecule has 1 rings (SSSR count). The lowest BCUT2D eigenvalue weighted by atomic mass is 9.96. The summed E-state index contributed by atoms with van der Waals surface area (Å²) in [6.45, 7) is 10.1. The van der Waals surface area contributed by atoms with Crippen LogP contribution < -0.4 is 0 Å². The lowest BCUT2D eigenvalue weighted by Gasteiger charge is -2.18. The van der Waals surface area contributed by atoms with Gasteiger partial charge in [0.05, 0.1) is 19.0 Å². The van der Waals surface area contributed by atoms with Crippen molar-refractivity contribution in [2.24, 2.45) is 5.92 Å². The summed E-state index contributed by atoms with van der Waals surface area (Å²) in [5.41, 5.74) is 2.28. The van der Waals surface area contributed by atoms with E-state index in [1.807, 2.05) is 20.8 Å². The van der Waals surface area contributed by atoms with E-state index in [4.69, 9.17) is 18.7 Å². The Morgan fingerprint density at radius 1 is 1.31 bits per heavy atom. The Morgan fingerprint density at radius 3 is 2.52 bits per heavy atom. The molecule has 0 amide bonds. The van der Waals surface area contributed by atoms with Crippen LogP contribution in [0.1, 0.15) is 53.9 Å². The van der Waals surface area contributed by atoms with E-state index >= 15 is 0 Å². The van der Waals surface area contributed by atoms with E-state index in [9.17, 15) is 14.8 Å². The largest absolute Gasteiger partial charge is 0.512 e. The zero-order valence-electron chi connectivity index (χ0n) is 18.4. The van der Waals surface area contributed by atoms with Crippen LogP contribution in [0.2, 0.25) is 0 Å². The van der Waals surface area contributed by atoms with Gasteiger partial charge in [-0.1, -0.05) is 6.92 Å². The van der Waals surface area contributed by atoms with E-state index in [2.05, 4.69) is 6.92 Å². The van der Waals surface area contributed by atoms with Crippen LogP contribution in [0, 0.1) is 5.92 Å². The fourth-order valence-electron chi connectivity index (χ4n) is 3.01. The van der Waals surface area contributed by atoms with Gasteiger partial charge in [-0.2, -0.15) is 0 Å². The number of ether oxygens (including phenoxy) is 3. The number of carbonyl (C=O) groups excluding carboxylic acids is 1. The van der Waals surface area contributed by atoms with Crippen LogP contribution in [-0.4, -0.2) is 48.7 Å². The summed E-state index contributed by atoms with van der Waals surface area (Å²) >= 11 is 0. The second-order valence-corrected chi connectivity index (χ2v) is 8.68. The molecule has 0 radical (unpaired) electrons. The van der Waals surface area contributed by atoms with Gasteiger partial charge in [0.15, 0.2) is 8.38 Å². The van der Waals surface area contributed by atoms with E-state index in [0.717, 1.165) is 29.6 Å². The van der Waals surface area contributed by atoms with Crippen LogP contribution >= 0.6 is 8.38 Å². The van der Waals surface area contributed by atoms with E-state index in [1.165, 1.54) is 6.08 Å². The van der Waals surface area contributed by atoms with E-state index < -0.39 is 8.38 Å². The van der Waals surface area contributed by atoms with E-state index in [0.29, 0.717) is 24.7 Å². The average molecular weight is 430 g/mol. The maximum Gasteiger partial charge on any atom is 0.331 e. The normalized spacial score (nSPS) is 18.1. The van der Waals surface area contributed by atoms with Gasteiger partial charge in [-0.05, 0) is 58.4 Å². The first-order valence-corrected chi connectivity index (χ1v) is 11.3. The average Bonchev–Trinajstić information content (AvgIpc) is 3.06. The number of allylic oxidation sites excluding steroid dienone is 2. The highest BCUT2D eigenvalue weighted by Gasteiger charge is 2.21. The van der Waals surface area contributed by atoms with Crippen molar-refractivity contribution in [3.63, 3.8) is 0 Å². The number of methoxy groups -OCH3 is 1. The smallest absolute Gasteiger partial charge is 0.331 e. The number of hydrogen-bond donors (Lipinski definition) is 2. The van der Waals surface area contributed by atoms with Crippen molar-refractivity contribution in [1.82, 2.24) is 0 Å². The highest BCUT2D eigenvalue weighted by Crippen LogP contribution is 2.33. The number of esters is 1. The number of rotatable bonds is 13. The zero-order valence-corrected chi connectivity index (χ0v) is 19.3. The molecule has 0 spiro atoms. The summed E-state index contributed by atoms with van der Waals surface area (Å²) in [5, 5.41) is 10.2. The summed E-state index contributed by atoms with van der Waals surface area (Å²) in [6, 6.07) is 0. The Bertz CT molecular complexity index is 633. The first-order chi connectivity index (χ1) is 13.6. The number of carbonyl (C=O) groups is 1. The minimum atomic E-state index is -1.53. The van der Waals surface area contributed by atoms with Gasteiger partial charge >= 0.3 is 5.97 Å². The van der Waals surface area contributed by atoms with Gasteiger partial charge in [0, 0.05) is 23.8 Å². The summed E-state index contributed by atoms with van der Waals surface area (Å²) in [7, 11) is 0.0248. The van der Waals surface area contributed by atoms with Gasteiger partial charge in [-0.25, -0.2) is 4.79 Å². The highest BCUT2D eigenvalue weighted by molar-refractivity contribution is 7.45. The van der Waals surface area contributed by atoms with Crippen LogP contribution in [0.25, 0.3) is 0 Å². The molecule has 2 N–H and O–H groups in total. The molecule has 0 bridgehead atoms. The Morgan fingerprint density at radius 2 is 2.00 bits per heavy atom. The van der Waals surface area contributed by atoms with Crippen LogP contribution in [0.4, 0.5) is 0 Å². The molecule has 0 aromatic carbocycles. The van der Waals surface area contributed by atoms with Crippen molar-refractivity contribution >= 4 is 14.3 Å². The summed E-state index contributed by atoms with van der Waals surface area (Å²) in [5.74, 6) is 0.723. The van der Waals surface area contributed by atoms with Crippen molar-refractivity contribution in [3.05, 3.63) is 34.3 Å². The third-order valence-electron chi connectivity index (χ3n) is 4.46. The van der Waals surface area contributed by atoms with E-state index in [-0.39, 0.29) is 30.8 Å². The molecule has 0 aromatic rings. The maximum atomic E-state index is 11.3. The number of aliphatic hydroxyl groups excluding tert-OH is 1. The zero-order chi connectivity index (χ0) is 22.0. The Hall–Kier alpha value is -1.40. The lowest BCUT2D eigenvalue weighted by Crippen LogP contribution is -2.09. The maximum absolute atomic E-state index is 11.3. The van der Waals surface area contributed by atoms with Gasteiger partial charge < -0.3 is 28.7 Å². The minimum absolute atomic E-state index is 0.0183. The van der Waals surface area contributed by atoms with Gasteiger partial charge in [-0.3, -0.25) is 0 Å². The molecule has 7 nitrogen and oxygen atoms in total. The fourth-order valence-corrected chi connectivity index (χ4v) is 3.82. The molecule has 0 saturated carbocycles. The third kappa shape index (κ3) is 9.30. The molecule has 2 unspecified atom stereocenters. The highest BCUT2D eigenvalue weighted by atomic mass is 31.2. The van der Waals surface area contributed by atoms with Crippen molar-refractivity contribution in [1.29, 1.82) is 0 Å². The fraction of sp³-hybridized carbons (Fsp3) is 0.667. The van der Waals surface area contributed by atoms with Gasteiger partial charge in [0.1, 0.15) is 18.7 Å². The molecule has 0 saturated heterocycles. The molecule has 1 aliphatic rings. The molecule has 0 aromatic heterocycles. The van der Waals surface area contributed by atoms with Gasteiger partial charge in [0.25, 0.3) is 0 Å². The second-order valence-electron chi connectivity index (χ2n) is 7.50. The van der Waals surface area contributed by atoms with Gasteiger partial charge in [-0.15, -0.1) is 0 Å². The first kappa shape index (κ1) is 25.6. The van der Waals surface area contributed by atoms with Crippen molar-refractivity contribution in [3.8, 4) is 0 Å². The SMILES string of the molecule is COC(=C(\C)C1=CC(=O)OC1)/C(CCCC(C)COCP(O)OC(C)C)=C(\C)O. The van der Waals surface area contributed by atoms with Crippen LogP contribution in [0.3, 0.4) is 0 Å². The monoisotopic (exact) mass is 430 g/mol. The molecule has 29 heavy (non-hydrogen) atoms. The molecule has 2 atom stereocenters. The second kappa shape index (κ2) is 13.0. The molecule has 8 heteroatoms. The van der Waals surface area contributed by atoms with Crippen LogP contribution in [-0.2, 0) is 23.5 Å². The summed E-state index contributed by atoms with van der Waals surface area (Å²) < 4.78 is 21.4. The molecule has 166 valence electrons. The molecule has 1 heterocycles. The molecule has 1 aliphatic heterocycles. The Kier molecular flexibility index (Phi) is 11.5. The van der Waals surface area contributed by atoms with E-state index in [1.54, 1.807) is 14.0 Å². The predicted molar refractivity (Wildman–Crippen MR) is 113 cm³/mol. The van der Waals surface area contributed by atoms with Crippen molar-refractivity contribution in [2.45, 2.75) is 60.0 Å². The summed E-state index contributed by atoms with van der Waals surface area (Å²) in [4.78, 5) is 21.1. The topological polar surface area (TPSA) is 94.5 Å². The molecule has 0 aliphatic carbocycles. The first-order valence-electron chi connectivity index (χ1n) is 9.88. The van der Waals surface area contributed by atoms with Crippen LogP contribution in [0.15, 0.2) is 34.3 Å². The number of cyclic esters (lactones) is 1. The lowest BCUT2D eigenvalue weighted by molar-refractivity contribution is -0.134. The third-order valence-corrected chi connectivity index (χ3v) is 5.53. The van der Waals surface area contributed by atoms with Crippen LogP contribution in [0.5, 0.6) is 0 Å². The minimum Gasteiger partial charge on any atom is -0.512 e. The molecule has 0 fully saturated rings. The number of aliphatic hydroxyl groups is 1. The number of hydrogen-bond acceptors (Lipinski definition) is 7. The van der Waals surface area contributed by atoms with Crippen molar-refractivity contribution < 1.29 is 33.5 Å². The molecular formula is C21H35O7P. The Balaban J connectivity index is 2.57. The summed E-state index contributed by atoms with van der Waals surface area (Å²) in [6.07, 6.45) is 4.02. The standard InChI is InChI=1S/C21H35O7P/c1-14(2)28-29(24)13-26-11-15(3)8-7-9-19(17(5)22)21(25-6)16(4)18-10-20(23)27-12-18/h10,14-15,22,24H,7-9,11-13H2,1-6H3/b19-17+,21-16+.